The monoisotopic (exact) mass is 196 g/mol. The van der Waals surface area contributed by atoms with Crippen molar-refractivity contribution in [2.75, 3.05) is 6.54 Å². The molecule has 0 saturated heterocycles. The summed E-state index contributed by atoms with van der Waals surface area (Å²) in [5.74, 6) is 1.93. The average Bonchev–Trinajstić information content (AvgIpc) is 2.81. The van der Waals surface area contributed by atoms with Gasteiger partial charge in [0.15, 0.2) is 5.11 Å². The van der Waals surface area contributed by atoms with Crippen molar-refractivity contribution >= 4 is 17.3 Å². The van der Waals surface area contributed by atoms with E-state index in [4.69, 9.17) is 12.2 Å². The normalized spacial score (nSPS) is 34.9. The molecule has 2 rings (SSSR count). The van der Waals surface area contributed by atoms with Gasteiger partial charge in [-0.25, -0.2) is 0 Å². The van der Waals surface area contributed by atoms with E-state index < -0.39 is 0 Å². The molecule has 0 aromatic heterocycles. The van der Waals surface area contributed by atoms with Crippen LogP contribution in [0, 0.1) is 11.8 Å². The largest absolute Gasteiger partial charge is 0.360 e. The summed E-state index contributed by atoms with van der Waals surface area (Å²) < 4.78 is 0. The lowest BCUT2D eigenvalue weighted by molar-refractivity contribution is 0.554. The summed E-state index contributed by atoms with van der Waals surface area (Å²) >= 11 is 5.16. The molecular weight excluding hydrogens is 180 g/mol. The Labute approximate surface area is 84.8 Å². The molecule has 72 valence electrons. The zero-order valence-electron chi connectivity index (χ0n) is 7.75. The van der Waals surface area contributed by atoms with E-state index in [9.17, 15) is 0 Å². The zero-order valence-corrected chi connectivity index (χ0v) is 8.57. The van der Waals surface area contributed by atoms with Crippen LogP contribution in [0.5, 0.6) is 0 Å². The van der Waals surface area contributed by atoms with Gasteiger partial charge in [0.05, 0.1) is 0 Å². The van der Waals surface area contributed by atoms with Gasteiger partial charge in [0, 0.05) is 12.6 Å². The molecule has 2 fully saturated rings. The maximum atomic E-state index is 5.16. The molecular formula is C10H16N2S. The first kappa shape index (κ1) is 9.00. The third kappa shape index (κ3) is 2.02. The highest BCUT2D eigenvalue weighted by atomic mass is 32.1. The van der Waals surface area contributed by atoms with Crippen LogP contribution >= 0.6 is 12.2 Å². The van der Waals surface area contributed by atoms with E-state index in [2.05, 4.69) is 17.2 Å². The van der Waals surface area contributed by atoms with Crippen molar-refractivity contribution in [1.82, 2.24) is 10.6 Å². The van der Waals surface area contributed by atoms with Crippen LogP contribution in [0.3, 0.4) is 0 Å². The molecule has 3 atom stereocenters. The van der Waals surface area contributed by atoms with Crippen LogP contribution in [0.1, 0.15) is 19.3 Å². The second-order valence-corrected chi connectivity index (χ2v) is 4.39. The third-order valence-electron chi connectivity index (χ3n) is 3.07. The molecule has 0 aromatic rings. The van der Waals surface area contributed by atoms with Gasteiger partial charge in [0.1, 0.15) is 0 Å². The Morgan fingerprint density at radius 3 is 2.92 bits per heavy atom. The van der Waals surface area contributed by atoms with Gasteiger partial charge >= 0.3 is 0 Å². The molecule has 2 aliphatic carbocycles. The summed E-state index contributed by atoms with van der Waals surface area (Å²) in [5.41, 5.74) is 0. The quantitative estimate of drug-likeness (QED) is 0.527. The molecule has 2 aliphatic rings. The summed E-state index contributed by atoms with van der Waals surface area (Å²) in [7, 11) is 0. The second kappa shape index (κ2) is 3.66. The molecule has 0 spiro atoms. The van der Waals surface area contributed by atoms with Crippen molar-refractivity contribution in [3.05, 3.63) is 12.7 Å². The van der Waals surface area contributed by atoms with E-state index in [1.807, 2.05) is 6.08 Å². The van der Waals surface area contributed by atoms with Crippen molar-refractivity contribution in [3.8, 4) is 0 Å². The zero-order chi connectivity index (χ0) is 9.26. The van der Waals surface area contributed by atoms with Gasteiger partial charge in [-0.2, -0.15) is 0 Å². The van der Waals surface area contributed by atoms with Gasteiger partial charge in [-0.3, -0.25) is 0 Å². The lowest BCUT2D eigenvalue weighted by Gasteiger charge is -2.16. The molecule has 0 aliphatic heterocycles. The Morgan fingerprint density at radius 1 is 1.54 bits per heavy atom. The molecule has 2 N–H and O–H groups in total. The summed E-state index contributed by atoms with van der Waals surface area (Å²) in [6, 6.07) is 0.648. The maximum Gasteiger partial charge on any atom is 0.166 e. The van der Waals surface area contributed by atoms with E-state index in [1.54, 1.807) is 0 Å². The number of hydrogen-bond acceptors (Lipinski definition) is 1. The predicted octanol–water partition coefficient (Wildman–Crippen LogP) is 1.43. The lowest BCUT2D eigenvalue weighted by Crippen LogP contribution is -2.42. The highest BCUT2D eigenvalue weighted by Crippen LogP contribution is 2.51. The van der Waals surface area contributed by atoms with Crippen LogP contribution in [-0.2, 0) is 0 Å². The molecule has 0 bridgehead atoms. The number of fused-ring (bicyclic) bond motifs is 1. The molecule has 13 heavy (non-hydrogen) atoms. The Morgan fingerprint density at radius 2 is 2.38 bits per heavy atom. The van der Waals surface area contributed by atoms with Crippen molar-refractivity contribution in [3.63, 3.8) is 0 Å². The van der Waals surface area contributed by atoms with Gasteiger partial charge in [-0.15, -0.1) is 6.58 Å². The second-order valence-electron chi connectivity index (χ2n) is 3.99. The van der Waals surface area contributed by atoms with Crippen LogP contribution in [0.15, 0.2) is 12.7 Å². The highest BCUT2D eigenvalue weighted by Gasteiger charge is 2.48. The smallest absolute Gasteiger partial charge is 0.166 e. The molecule has 0 radical (unpaired) electrons. The minimum absolute atomic E-state index is 0.648. The SMILES string of the molecule is C=CCNC(=S)NC1CCC2CC21. The summed E-state index contributed by atoms with van der Waals surface area (Å²) in [6.45, 7) is 4.39. The van der Waals surface area contributed by atoms with E-state index in [0.717, 1.165) is 23.5 Å². The van der Waals surface area contributed by atoms with Crippen molar-refractivity contribution in [2.45, 2.75) is 25.3 Å². The van der Waals surface area contributed by atoms with Crippen molar-refractivity contribution in [1.29, 1.82) is 0 Å². The minimum atomic E-state index is 0.648. The first-order valence-corrected chi connectivity index (χ1v) is 5.37. The summed E-state index contributed by atoms with van der Waals surface area (Å²) in [5, 5.41) is 7.27. The van der Waals surface area contributed by atoms with Gasteiger partial charge in [-0.05, 0) is 43.3 Å². The number of hydrogen-bond donors (Lipinski definition) is 2. The van der Waals surface area contributed by atoms with Crippen LogP contribution in [0.2, 0.25) is 0 Å². The van der Waals surface area contributed by atoms with Crippen molar-refractivity contribution in [2.24, 2.45) is 11.8 Å². The fourth-order valence-corrected chi connectivity index (χ4v) is 2.50. The number of thiocarbonyl (C=S) groups is 1. The van der Waals surface area contributed by atoms with Crippen LogP contribution < -0.4 is 10.6 Å². The van der Waals surface area contributed by atoms with E-state index in [-0.39, 0.29) is 0 Å². The summed E-state index contributed by atoms with van der Waals surface area (Å²) in [6.07, 6.45) is 5.93. The minimum Gasteiger partial charge on any atom is -0.360 e. The van der Waals surface area contributed by atoms with Gasteiger partial charge in [0.25, 0.3) is 0 Å². The Kier molecular flexibility index (Phi) is 2.54. The number of rotatable bonds is 3. The third-order valence-corrected chi connectivity index (χ3v) is 3.33. The standard InChI is InChI=1S/C10H16N2S/c1-2-5-11-10(13)12-9-4-3-7-6-8(7)9/h2,7-9H,1,3-6H2,(H2,11,12,13). The van der Waals surface area contributed by atoms with E-state index >= 15 is 0 Å². The molecule has 0 aromatic carbocycles. The fourth-order valence-electron chi connectivity index (χ4n) is 2.27. The summed E-state index contributed by atoms with van der Waals surface area (Å²) in [4.78, 5) is 0. The van der Waals surface area contributed by atoms with Gasteiger partial charge in [-0.1, -0.05) is 6.08 Å². The topological polar surface area (TPSA) is 24.1 Å². The molecule has 2 nitrogen and oxygen atoms in total. The Balaban J connectivity index is 1.71. The molecule has 3 unspecified atom stereocenters. The van der Waals surface area contributed by atoms with Crippen LogP contribution in [0.4, 0.5) is 0 Å². The molecule has 2 saturated carbocycles. The number of nitrogens with one attached hydrogen (secondary N) is 2. The van der Waals surface area contributed by atoms with Crippen LogP contribution in [-0.4, -0.2) is 17.7 Å². The van der Waals surface area contributed by atoms with E-state index in [1.165, 1.54) is 19.3 Å². The van der Waals surface area contributed by atoms with Gasteiger partial charge < -0.3 is 10.6 Å². The Hall–Kier alpha value is -0.570. The molecule has 0 amide bonds. The first-order valence-electron chi connectivity index (χ1n) is 4.96. The Bertz CT molecular complexity index is 227. The van der Waals surface area contributed by atoms with Gasteiger partial charge in [0.2, 0.25) is 0 Å². The molecule has 3 heteroatoms. The predicted molar refractivity (Wildman–Crippen MR) is 58.6 cm³/mol. The molecule has 0 heterocycles. The van der Waals surface area contributed by atoms with Crippen molar-refractivity contribution < 1.29 is 0 Å². The lowest BCUT2D eigenvalue weighted by atomic mass is 10.2. The van der Waals surface area contributed by atoms with Crippen LogP contribution in [0.25, 0.3) is 0 Å². The average molecular weight is 196 g/mol. The maximum absolute atomic E-state index is 5.16. The first-order chi connectivity index (χ1) is 6.31. The highest BCUT2D eigenvalue weighted by molar-refractivity contribution is 7.80. The van der Waals surface area contributed by atoms with E-state index in [0.29, 0.717) is 6.04 Å². The fraction of sp³-hybridized carbons (Fsp3) is 0.700.